The van der Waals surface area contributed by atoms with Crippen molar-refractivity contribution in [1.82, 2.24) is 4.98 Å². The molecule has 2 unspecified atom stereocenters. The normalized spacial score (nSPS) is 13.7. The zero-order valence-electron chi connectivity index (χ0n) is 12.7. The highest BCUT2D eigenvalue weighted by Gasteiger charge is 2.28. The van der Waals surface area contributed by atoms with Gasteiger partial charge < -0.3 is 15.5 Å². The Morgan fingerprint density at radius 3 is 2.71 bits per heavy atom. The van der Waals surface area contributed by atoms with Crippen LogP contribution in [0.2, 0.25) is 0 Å². The molecule has 7 heteroatoms. The minimum atomic E-state index is -1.60. The summed E-state index contributed by atoms with van der Waals surface area (Å²) in [6.07, 6.45) is -2.98. The number of benzene rings is 2. The van der Waals surface area contributed by atoms with Crippen LogP contribution in [-0.4, -0.2) is 27.2 Å². The largest absolute Gasteiger partial charge is 0.383 e. The summed E-state index contributed by atoms with van der Waals surface area (Å²) < 4.78 is 1.82. The lowest BCUT2D eigenvalue weighted by Crippen LogP contribution is -2.33. The van der Waals surface area contributed by atoms with Crippen molar-refractivity contribution < 1.29 is 15.0 Å². The summed E-state index contributed by atoms with van der Waals surface area (Å²) in [5, 5.41) is 23.3. The number of carbonyl (C=O) groups is 1. The number of halogens is 1. The first-order chi connectivity index (χ1) is 11.5. The molecule has 0 spiro atoms. The molecule has 3 N–H and O–H groups in total. The van der Waals surface area contributed by atoms with E-state index in [-0.39, 0.29) is 0 Å². The average Bonchev–Trinajstić information content (AvgIpc) is 3.01. The van der Waals surface area contributed by atoms with Crippen molar-refractivity contribution >= 4 is 49.1 Å². The van der Waals surface area contributed by atoms with Gasteiger partial charge in [0.1, 0.15) is 11.1 Å². The molecule has 0 aliphatic rings. The molecule has 0 aliphatic carbocycles. The van der Waals surface area contributed by atoms with Gasteiger partial charge in [-0.05, 0) is 42.8 Å². The number of aliphatic hydroxyl groups is 2. The molecular weight excluding hydrogens is 392 g/mol. The summed E-state index contributed by atoms with van der Waals surface area (Å²) in [6, 6.07) is 12.7. The molecule has 1 amide bonds. The highest BCUT2D eigenvalue weighted by Crippen LogP contribution is 2.28. The van der Waals surface area contributed by atoms with Crippen molar-refractivity contribution in [3.63, 3.8) is 0 Å². The lowest BCUT2D eigenvalue weighted by Gasteiger charge is -2.16. The molecule has 24 heavy (non-hydrogen) atoms. The monoisotopic (exact) mass is 406 g/mol. The molecule has 124 valence electrons. The minimum absolute atomic E-state index is 0.311. The maximum Gasteiger partial charge on any atom is 0.256 e. The Labute approximate surface area is 151 Å². The van der Waals surface area contributed by atoms with E-state index in [1.165, 1.54) is 11.3 Å². The van der Waals surface area contributed by atoms with Gasteiger partial charge in [0, 0.05) is 10.2 Å². The van der Waals surface area contributed by atoms with Gasteiger partial charge in [-0.3, -0.25) is 4.79 Å². The number of nitrogens with one attached hydrogen (secondary N) is 1. The van der Waals surface area contributed by atoms with Gasteiger partial charge in [0.25, 0.3) is 5.91 Å². The van der Waals surface area contributed by atoms with E-state index in [2.05, 4.69) is 26.2 Å². The fourth-order valence-electron chi connectivity index (χ4n) is 2.23. The Morgan fingerprint density at radius 1 is 1.25 bits per heavy atom. The van der Waals surface area contributed by atoms with Gasteiger partial charge in [-0.1, -0.05) is 28.1 Å². The number of nitrogens with zero attached hydrogens (tertiary/aromatic N) is 1. The number of aryl methyl sites for hydroxylation is 1. The van der Waals surface area contributed by atoms with Gasteiger partial charge in [0.15, 0.2) is 6.10 Å². The number of thiazole rings is 1. The number of carbonyl (C=O) groups excluding carboxylic acids is 1. The summed E-state index contributed by atoms with van der Waals surface area (Å²) in [4.78, 5) is 16.5. The van der Waals surface area contributed by atoms with E-state index in [9.17, 15) is 15.0 Å². The molecule has 0 saturated heterocycles. The molecule has 2 atom stereocenters. The van der Waals surface area contributed by atoms with Crippen molar-refractivity contribution in [3.8, 4) is 0 Å². The number of aromatic nitrogens is 1. The number of para-hydroxylation sites is 1. The highest BCUT2D eigenvalue weighted by atomic mass is 79.9. The summed E-state index contributed by atoms with van der Waals surface area (Å²) in [5.41, 5.74) is 2.23. The minimum Gasteiger partial charge on any atom is -0.383 e. The predicted molar refractivity (Wildman–Crippen MR) is 98.1 cm³/mol. The fourth-order valence-corrected chi connectivity index (χ4v) is 3.46. The standard InChI is InChI=1S/C17H15BrN2O3S/c1-9-8-10(6-7-11(9)18)19-16(23)14(21)15(22)17-20-12-4-2-3-5-13(12)24-17/h2-8,14-15,21-22H,1H3,(H,19,23). The van der Waals surface area contributed by atoms with E-state index in [0.29, 0.717) is 10.7 Å². The molecule has 3 rings (SSSR count). The Balaban J connectivity index is 1.75. The topological polar surface area (TPSA) is 82.5 Å². The third-order valence-electron chi connectivity index (χ3n) is 3.56. The van der Waals surface area contributed by atoms with Crippen LogP contribution in [0.25, 0.3) is 10.2 Å². The highest BCUT2D eigenvalue weighted by molar-refractivity contribution is 9.10. The number of hydrogen-bond donors (Lipinski definition) is 3. The lowest BCUT2D eigenvalue weighted by molar-refractivity contribution is -0.129. The second-order valence-corrected chi connectivity index (χ2v) is 7.28. The lowest BCUT2D eigenvalue weighted by atomic mass is 10.1. The van der Waals surface area contributed by atoms with Gasteiger partial charge >= 0.3 is 0 Å². The van der Waals surface area contributed by atoms with Crippen LogP contribution >= 0.6 is 27.3 Å². The van der Waals surface area contributed by atoms with Crippen molar-refractivity contribution in [2.45, 2.75) is 19.1 Å². The van der Waals surface area contributed by atoms with E-state index >= 15 is 0 Å². The summed E-state index contributed by atoms with van der Waals surface area (Å²) in [7, 11) is 0. The van der Waals surface area contributed by atoms with Crippen molar-refractivity contribution in [3.05, 3.63) is 57.5 Å². The molecule has 0 saturated carbocycles. The number of fused-ring (bicyclic) bond motifs is 1. The van der Waals surface area contributed by atoms with E-state index in [4.69, 9.17) is 0 Å². The van der Waals surface area contributed by atoms with Crippen molar-refractivity contribution in [1.29, 1.82) is 0 Å². The van der Waals surface area contributed by atoms with E-state index in [1.807, 2.05) is 31.2 Å². The molecule has 3 aromatic rings. The van der Waals surface area contributed by atoms with Gasteiger partial charge in [0.2, 0.25) is 0 Å². The van der Waals surface area contributed by atoms with Crippen LogP contribution in [0.1, 0.15) is 16.7 Å². The van der Waals surface area contributed by atoms with Crippen LogP contribution in [0.15, 0.2) is 46.9 Å². The second-order valence-electron chi connectivity index (χ2n) is 5.36. The zero-order chi connectivity index (χ0) is 17.3. The molecular formula is C17H15BrN2O3S. The fraction of sp³-hybridized carbons (Fsp3) is 0.176. The van der Waals surface area contributed by atoms with Gasteiger partial charge in [-0.2, -0.15) is 0 Å². The van der Waals surface area contributed by atoms with Crippen LogP contribution in [0.4, 0.5) is 5.69 Å². The first-order valence-corrected chi connectivity index (χ1v) is 8.85. The Kier molecular flexibility index (Phi) is 4.96. The maximum atomic E-state index is 12.2. The molecule has 0 bridgehead atoms. The maximum absolute atomic E-state index is 12.2. The number of aliphatic hydroxyl groups excluding tert-OH is 2. The number of rotatable bonds is 4. The van der Waals surface area contributed by atoms with E-state index in [1.54, 1.807) is 18.2 Å². The third kappa shape index (κ3) is 3.49. The predicted octanol–water partition coefficient (Wildman–Crippen LogP) is 3.40. The van der Waals surface area contributed by atoms with Crippen molar-refractivity contribution in [2.24, 2.45) is 0 Å². The molecule has 0 radical (unpaired) electrons. The molecule has 0 fully saturated rings. The van der Waals surface area contributed by atoms with Crippen LogP contribution in [-0.2, 0) is 4.79 Å². The van der Waals surface area contributed by atoms with Gasteiger partial charge in [0.05, 0.1) is 10.2 Å². The summed E-state index contributed by atoms with van der Waals surface area (Å²) in [5.74, 6) is -0.677. The average molecular weight is 407 g/mol. The van der Waals surface area contributed by atoms with Crippen molar-refractivity contribution in [2.75, 3.05) is 5.32 Å². The van der Waals surface area contributed by atoms with Crippen LogP contribution < -0.4 is 5.32 Å². The van der Waals surface area contributed by atoms with Crippen LogP contribution in [0.5, 0.6) is 0 Å². The summed E-state index contributed by atoms with van der Waals surface area (Å²) >= 11 is 4.64. The summed E-state index contributed by atoms with van der Waals surface area (Å²) in [6.45, 7) is 1.89. The molecule has 1 aromatic heterocycles. The first kappa shape index (κ1) is 17.0. The number of hydrogen-bond acceptors (Lipinski definition) is 5. The third-order valence-corrected chi connectivity index (χ3v) is 5.55. The molecule has 0 aliphatic heterocycles. The van der Waals surface area contributed by atoms with Gasteiger partial charge in [-0.15, -0.1) is 11.3 Å². The zero-order valence-corrected chi connectivity index (χ0v) is 15.1. The first-order valence-electron chi connectivity index (χ1n) is 7.24. The van der Waals surface area contributed by atoms with Crippen LogP contribution in [0.3, 0.4) is 0 Å². The Bertz CT molecular complexity index is 863. The number of amides is 1. The molecule has 2 aromatic carbocycles. The Hall–Kier alpha value is -1.80. The molecule has 1 heterocycles. The van der Waals surface area contributed by atoms with Crippen LogP contribution in [0, 0.1) is 6.92 Å². The quantitative estimate of drug-likeness (QED) is 0.619. The van der Waals surface area contributed by atoms with E-state index < -0.39 is 18.1 Å². The SMILES string of the molecule is Cc1cc(NC(=O)C(O)C(O)c2nc3ccccc3s2)ccc1Br. The van der Waals surface area contributed by atoms with E-state index in [0.717, 1.165) is 20.3 Å². The molecule has 5 nitrogen and oxygen atoms in total. The van der Waals surface area contributed by atoms with Gasteiger partial charge in [-0.25, -0.2) is 4.98 Å². The number of anilines is 1. The Morgan fingerprint density at radius 2 is 2.00 bits per heavy atom. The smallest absolute Gasteiger partial charge is 0.256 e. The second kappa shape index (κ2) is 6.98.